The number of thioether (sulfide) groups is 1. The Bertz CT molecular complexity index is 1050. The second-order valence-corrected chi connectivity index (χ2v) is 8.74. The number of aliphatic hydroxyl groups is 1. The summed E-state index contributed by atoms with van der Waals surface area (Å²) in [5.74, 6) is 2.41. The number of hydrogen-bond acceptors (Lipinski definition) is 5. The first-order chi connectivity index (χ1) is 14.6. The van der Waals surface area contributed by atoms with Gasteiger partial charge in [0.2, 0.25) is 0 Å². The van der Waals surface area contributed by atoms with Crippen molar-refractivity contribution >= 4 is 17.6 Å². The molecule has 0 radical (unpaired) electrons. The molecule has 6 heteroatoms. The third kappa shape index (κ3) is 4.66. The summed E-state index contributed by atoms with van der Waals surface area (Å²) < 4.78 is 0. The molecule has 2 aromatic rings. The molecule has 0 saturated heterocycles. The van der Waals surface area contributed by atoms with E-state index in [4.69, 9.17) is 4.98 Å². The fraction of sp³-hybridized carbons (Fsp3) is 0.250. The summed E-state index contributed by atoms with van der Waals surface area (Å²) in [6, 6.07) is 22.4. The van der Waals surface area contributed by atoms with Gasteiger partial charge in [0.15, 0.2) is 5.82 Å². The van der Waals surface area contributed by atoms with Crippen LogP contribution in [0.25, 0.3) is 22.6 Å². The maximum Gasteiger partial charge on any atom is 0.156 e. The molecule has 0 aliphatic carbocycles. The number of rotatable bonds is 8. The van der Waals surface area contributed by atoms with Crippen LogP contribution in [0.1, 0.15) is 18.3 Å². The summed E-state index contributed by atoms with van der Waals surface area (Å²) in [7, 11) is 0. The first-order valence-corrected chi connectivity index (χ1v) is 11.1. The maximum atomic E-state index is 10.0. The van der Waals surface area contributed by atoms with Gasteiger partial charge in [-0.25, -0.2) is 9.97 Å². The lowest BCUT2D eigenvalue weighted by atomic mass is 10.1. The van der Waals surface area contributed by atoms with Gasteiger partial charge in [-0.3, -0.25) is 0 Å². The topological polar surface area (TPSA) is 73.8 Å². The van der Waals surface area contributed by atoms with Crippen molar-refractivity contribution in [3.63, 3.8) is 0 Å². The normalized spacial score (nSPS) is 13.3. The minimum absolute atomic E-state index is 0.0238. The number of nitrogens with one attached hydrogen (secondary N) is 2. The van der Waals surface area contributed by atoms with Gasteiger partial charge >= 0.3 is 0 Å². The summed E-state index contributed by atoms with van der Waals surface area (Å²) in [6.45, 7) is 4.09. The fourth-order valence-electron chi connectivity index (χ4n) is 3.40. The Balaban J connectivity index is 1.54. The summed E-state index contributed by atoms with van der Waals surface area (Å²) in [5, 5.41) is 13.7. The van der Waals surface area contributed by atoms with E-state index in [0.717, 1.165) is 34.2 Å². The number of H-pyrrole nitrogens is 1. The Kier molecular flexibility index (Phi) is 6.35. The molecule has 3 N–H and O–H groups in total. The van der Waals surface area contributed by atoms with E-state index in [1.807, 2.05) is 61.2 Å². The molecular formula is C24H26N4OS. The number of aromatic amines is 1. The Hall–Kier alpha value is -2.83. The molecule has 4 rings (SSSR count). The lowest BCUT2D eigenvalue weighted by Gasteiger charge is -2.24. The number of benzene rings is 2. The predicted molar refractivity (Wildman–Crippen MR) is 125 cm³/mol. The molecule has 0 saturated carbocycles. The van der Waals surface area contributed by atoms with Crippen LogP contribution in [-0.4, -0.2) is 38.0 Å². The molecule has 0 spiro atoms. The van der Waals surface area contributed by atoms with E-state index in [2.05, 4.69) is 46.5 Å². The van der Waals surface area contributed by atoms with E-state index in [1.54, 1.807) is 0 Å². The number of fused-ring (bicyclic) bond motifs is 1. The molecule has 30 heavy (non-hydrogen) atoms. The van der Waals surface area contributed by atoms with Crippen LogP contribution in [0.3, 0.4) is 0 Å². The van der Waals surface area contributed by atoms with Gasteiger partial charge in [0.05, 0.1) is 24.0 Å². The highest BCUT2D eigenvalue weighted by Gasteiger charge is 2.22. The first-order valence-electron chi connectivity index (χ1n) is 10.1. The lowest BCUT2D eigenvalue weighted by Crippen LogP contribution is -2.34. The average molecular weight is 419 g/mol. The van der Waals surface area contributed by atoms with E-state index in [-0.39, 0.29) is 17.9 Å². The molecule has 154 valence electrons. The van der Waals surface area contributed by atoms with E-state index in [9.17, 15) is 5.11 Å². The maximum absolute atomic E-state index is 10.0. The van der Waals surface area contributed by atoms with Crippen LogP contribution < -0.4 is 5.32 Å². The molecule has 2 aromatic carbocycles. The largest absolute Gasteiger partial charge is 0.394 e. The Morgan fingerprint density at radius 2 is 1.73 bits per heavy atom. The van der Waals surface area contributed by atoms with Gasteiger partial charge in [0.25, 0.3) is 0 Å². The van der Waals surface area contributed by atoms with Gasteiger partial charge < -0.3 is 15.4 Å². The zero-order chi connectivity index (χ0) is 20.9. The number of hydrogen-bond donors (Lipinski definition) is 3. The standard InChI is InChI=1S/C24H26N4OS/c1-16(30-15-18-9-5-3-6-10-18)22(14-29)28-24-23-21(25-17(2)26-24)13-20(27-23)19-11-7-4-8-12-19/h3-13,16,22,28-29H,14-15H2,1-2H3,(H,25,26)/t16?,22-/m0/s1. The van der Waals surface area contributed by atoms with Crippen molar-refractivity contribution in [2.45, 2.75) is 30.9 Å². The van der Waals surface area contributed by atoms with Crippen LogP contribution in [0.2, 0.25) is 0 Å². The highest BCUT2D eigenvalue weighted by Crippen LogP contribution is 2.33. The van der Waals surface area contributed by atoms with E-state index in [1.165, 1.54) is 5.56 Å². The SMILES string of the molecule is Cc1nc(N[C@@H](CO)C(C)SCc2ccccc2)c2nc(-c3ccccc3)cc-2[nH]1. The second-order valence-electron chi connectivity index (χ2n) is 7.38. The third-order valence-electron chi connectivity index (χ3n) is 5.10. The summed E-state index contributed by atoms with van der Waals surface area (Å²) in [5.41, 5.74) is 4.98. The number of anilines is 1. The molecule has 0 fully saturated rings. The van der Waals surface area contributed by atoms with Gasteiger partial charge in [-0.15, -0.1) is 0 Å². The van der Waals surface area contributed by atoms with Crippen molar-refractivity contribution in [1.29, 1.82) is 0 Å². The number of nitrogens with zero attached hydrogens (tertiary/aromatic N) is 2. The monoisotopic (exact) mass is 418 g/mol. The smallest absolute Gasteiger partial charge is 0.156 e. The summed E-state index contributed by atoms with van der Waals surface area (Å²) in [6.07, 6.45) is 0. The van der Waals surface area contributed by atoms with Crippen LogP contribution in [0.4, 0.5) is 5.82 Å². The van der Waals surface area contributed by atoms with Crippen LogP contribution in [-0.2, 0) is 5.75 Å². The zero-order valence-corrected chi connectivity index (χ0v) is 18.0. The van der Waals surface area contributed by atoms with Gasteiger partial charge in [-0.05, 0) is 18.6 Å². The van der Waals surface area contributed by atoms with E-state index in [0.29, 0.717) is 5.82 Å². The van der Waals surface area contributed by atoms with Crippen molar-refractivity contribution in [2.24, 2.45) is 0 Å². The number of aliphatic hydroxyl groups excluding tert-OH is 1. The summed E-state index contributed by atoms with van der Waals surface area (Å²) >= 11 is 1.81. The van der Waals surface area contributed by atoms with Crippen molar-refractivity contribution in [3.05, 3.63) is 78.1 Å². The molecule has 0 aromatic heterocycles. The minimum atomic E-state index is -0.131. The van der Waals surface area contributed by atoms with Gasteiger partial charge in [0.1, 0.15) is 11.5 Å². The number of aromatic nitrogens is 3. The molecule has 1 unspecified atom stereocenters. The predicted octanol–water partition coefficient (Wildman–Crippen LogP) is 4.98. The molecule has 2 aliphatic heterocycles. The van der Waals surface area contributed by atoms with E-state index >= 15 is 0 Å². The molecule has 5 nitrogen and oxygen atoms in total. The van der Waals surface area contributed by atoms with Crippen molar-refractivity contribution in [1.82, 2.24) is 15.0 Å². The molecule has 2 heterocycles. The van der Waals surface area contributed by atoms with Crippen LogP contribution in [0, 0.1) is 6.92 Å². The first kappa shape index (κ1) is 20.4. The molecule has 2 aliphatic rings. The van der Waals surface area contributed by atoms with Gasteiger partial charge in [-0.2, -0.15) is 11.8 Å². The van der Waals surface area contributed by atoms with Gasteiger partial charge in [0, 0.05) is 16.6 Å². The second kappa shape index (κ2) is 9.32. The van der Waals surface area contributed by atoms with Crippen molar-refractivity contribution in [3.8, 4) is 22.6 Å². The molecule has 2 atom stereocenters. The van der Waals surface area contributed by atoms with Crippen LogP contribution in [0.15, 0.2) is 66.7 Å². The Morgan fingerprint density at radius 3 is 2.43 bits per heavy atom. The van der Waals surface area contributed by atoms with Crippen molar-refractivity contribution < 1.29 is 5.11 Å². The zero-order valence-electron chi connectivity index (χ0n) is 17.2. The van der Waals surface area contributed by atoms with Crippen molar-refractivity contribution in [2.75, 3.05) is 11.9 Å². The third-order valence-corrected chi connectivity index (χ3v) is 6.45. The summed E-state index contributed by atoms with van der Waals surface area (Å²) in [4.78, 5) is 12.8. The van der Waals surface area contributed by atoms with Crippen LogP contribution in [0.5, 0.6) is 0 Å². The lowest BCUT2D eigenvalue weighted by molar-refractivity contribution is 0.274. The Labute approximate surface area is 181 Å². The molecule has 0 bridgehead atoms. The molecule has 0 amide bonds. The highest BCUT2D eigenvalue weighted by atomic mass is 32.2. The van der Waals surface area contributed by atoms with E-state index < -0.39 is 0 Å². The Morgan fingerprint density at radius 1 is 1.03 bits per heavy atom. The highest BCUT2D eigenvalue weighted by molar-refractivity contribution is 7.99. The van der Waals surface area contributed by atoms with Crippen LogP contribution >= 0.6 is 11.8 Å². The fourth-order valence-corrected chi connectivity index (χ4v) is 4.43. The minimum Gasteiger partial charge on any atom is -0.394 e. The average Bonchev–Trinajstić information content (AvgIpc) is 3.21. The van der Waals surface area contributed by atoms with Gasteiger partial charge in [-0.1, -0.05) is 67.6 Å². The molecular weight excluding hydrogens is 392 g/mol. The quantitative estimate of drug-likeness (QED) is 0.376. The number of aryl methyl sites for hydroxylation is 1.